The molecule has 0 bridgehead atoms. The van der Waals surface area contributed by atoms with Crippen molar-refractivity contribution in [3.05, 3.63) is 29.3 Å². The summed E-state index contributed by atoms with van der Waals surface area (Å²) in [5.41, 5.74) is 6.76. The smallest absolute Gasteiger partial charge is 0.252 e. The maximum absolute atomic E-state index is 11.2. The van der Waals surface area contributed by atoms with Crippen LogP contribution in [0.15, 0.2) is 18.2 Å². The highest BCUT2D eigenvalue weighted by Gasteiger charge is 2.09. The van der Waals surface area contributed by atoms with Gasteiger partial charge in [0.15, 0.2) is 0 Å². The molecule has 1 rings (SSSR count). The molecule has 1 aromatic rings. The third kappa shape index (κ3) is 4.44. The Labute approximate surface area is 102 Å². The minimum Gasteiger partial charge on any atom is -0.491 e. The van der Waals surface area contributed by atoms with Crippen molar-refractivity contribution < 1.29 is 9.53 Å². The monoisotopic (exact) mass is 236 g/mol. The van der Waals surface area contributed by atoms with E-state index in [0.29, 0.717) is 24.0 Å². The molecular weight excluding hydrogens is 216 g/mol. The summed E-state index contributed by atoms with van der Waals surface area (Å²) in [6, 6.07) is 5.80. The van der Waals surface area contributed by atoms with Gasteiger partial charge < -0.3 is 15.8 Å². The number of rotatable bonds is 6. The van der Waals surface area contributed by atoms with Crippen molar-refractivity contribution in [2.24, 2.45) is 5.73 Å². The van der Waals surface area contributed by atoms with Gasteiger partial charge in [-0.15, -0.1) is 0 Å². The van der Waals surface area contributed by atoms with Gasteiger partial charge in [0.05, 0.1) is 5.56 Å². The summed E-state index contributed by atoms with van der Waals surface area (Å²) in [5, 5.41) is 3.24. The Kier molecular flexibility index (Phi) is 4.97. The fourth-order valence-corrected chi connectivity index (χ4v) is 1.46. The van der Waals surface area contributed by atoms with Gasteiger partial charge in [-0.05, 0) is 24.6 Å². The molecule has 94 valence electrons. The first-order chi connectivity index (χ1) is 8.00. The summed E-state index contributed by atoms with van der Waals surface area (Å²) in [6.07, 6.45) is 0. The van der Waals surface area contributed by atoms with Gasteiger partial charge in [-0.25, -0.2) is 0 Å². The zero-order valence-corrected chi connectivity index (χ0v) is 10.6. The van der Waals surface area contributed by atoms with Crippen molar-refractivity contribution in [1.82, 2.24) is 5.32 Å². The van der Waals surface area contributed by atoms with Gasteiger partial charge in [-0.2, -0.15) is 0 Å². The minimum atomic E-state index is -0.461. The van der Waals surface area contributed by atoms with E-state index in [-0.39, 0.29) is 0 Å². The number of amides is 1. The van der Waals surface area contributed by atoms with Crippen LogP contribution in [0.5, 0.6) is 5.75 Å². The predicted octanol–water partition coefficient (Wildman–Crippen LogP) is 1.47. The van der Waals surface area contributed by atoms with Gasteiger partial charge in [0.1, 0.15) is 12.4 Å². The Bertz CT molecular complexity index is 389. The maximum Gasteiger partial charge on any atom is 0.252 e. The molecule has 4 nitrogen and oxygen atoms in total. The van der Waals surface area contributed by atoms with Crippen molar-refractivity contribution in [3.8, 4) is 5.75 Å². The summed E-state index contributed by atoms with van der Waals surface area (Å²) in [6.45, 7) is 7.35. The van der Waals surface area contributed by atoms with Crippen molar-refractivity contribution in [1.29, 1.82) is 0 Å². The number of hydrogen-bond acceptors (Lipinski definition) is 3. The summed E-state index contributed by atoms with van der Waals surface area (Å²) in [7, 11) is 0. The highest BCUT2D eigenvalue weighted by atomic mass is 16.5. The molecule has 0 aliphatic heterocycles. The van der Waals surface area contributed by atoms with E-state index in [1.165, 1.54) is 0 Å². The molecule has 1 aromatic carbocycles. The number of benzene rings is 1. The van der Waals surface area contributed by atoms with Gasteiger partial charge in [0, 0.05) is 12.6 Å². The van der Waals surface area contributed by atoms with Crippen molar-refractivity contribution >= 4 is 5.91 Å². The Hall–Kier alpha value is -1.55. The summed E-state index contributed by atoms with van der Waals surface area (Å²) in [5.74, 6) is 0.0971. The van der Waals surface area contributed by atoms with Crippen LogP contribution in [0.4, 0.5) is 0 Å². The van der Waals surface area contributed by atoms with Crippen LogP contribution in [-0.2, 0) is 0 Å². The number of nitrogens with two attached hydrogens (primary N) is 1. The molecule has 1 amide bonds. The molecule has 0 saturated heterocycles. The lowest BCUT2D eigenvalue weighted by atomic mass is 10.1. The molecule has 0 unspecified atom stereocenters. The number of hydrogen-bond donors (Lipinski definition) is 2. The average molecular weight is 236 g/mol. The van der Waals surface area contributed by atoms with Crippen molar-refractivity contribution in [2.45, 2.75) is 26.8 Å². The lowest BCUT2D eigenvalue weighted by Gasteiger charge is -2.12. The molecule has 0 aromatic heterocycles. The second-order valence-corrected chi connectivity index (χ2v) is 4.32. The zero-order valence-electron chi connectivity index (χ0n) is 10.6. The van der Waals surface area contributed by atoms with E-state index >= 15 is 0 Å². The normalized spacial score (nSPS) is 10.6. The van der Waals surface area contributed by atoms with Gasteiger partial charge in [0.2, 0.25) is 0 Å². The first-order valence-electron chi connectivity index (χ1n) is 5.77. The van der Waals surface area contributed by atoms with Crippen LogP contribution in [0.3, 0.4) is 0 Å². The van der Waals surface area contributed by atoms with E-state index in [1.54, 1.807) is 6.07 Å². The highest BCUT2D eigenvalue weighted by Crippen LogP contribution is 2.19. The van der Waals surface area contributed by atoms with Crippen LogP contribution in [-0.4, -0.2) is 25.1 Å². The topological polar surface area (TPSA) is 64.4 Å². The van der Waals surface area contributed by atoms with Gasteiger partial charge >= 0.3 is 0 Å². The second-order valence-electron chi connectivity index (χ2n) is 4.32. The largest absolute Gasteiger partial charge is 0.491 e. The Morgan fingerprint density at radius 3 is 2.76 bits per heavy atom. The molecule has 0 heterocycles. The highest BCUT2D eigenvalue weighted by molar-refractivity contribution is 5.95. The minimum absolute atomic E-state index is 0.423. The van der Waals surface area contributed by atoms with E-state index in [2.05, 4.69) is 19.2 Å². The Balaban J connectivity index is 2.62. The number of carbonyl (C=O) groups is 1. The van der Waals surface area contributed by atoms with Crippen molar-refractivity contribution in [3.63, 3.8) is 0 Å². The first-order valence-corrected chi connectivity index (χ1v) is 5.77. The second kappa shape index (κ2) is 6.25. The Morgan fingerprint density at radius 2 is 2.18 bits per heavy atom. The van der Waals surface area contributed by atoms with Crippen molar-refractivity contribution in [2.75, 3.05) is 13.2 Å². The molecule has 3 N–H and O–H groups in total. The van der Waals surface area contributed by atoms with Crippen LogP contribution in [0.25, 0.3) is 0 Å². The number of ether oxygens (including phenoxy) is 1. The fourth-order valence-electron chi connectivity index (χ4n) is 1.46. The van der Waals surface area contributed by atoms with Gasteiger partial charge in [-0.1, -0.05) is 19.9 Å². The lowest BCUT2D eigenvalue weighted by molar-refractivity contribution is 0.0996. The third-order valence-electron chi connectivity index (χ3n) is 2.31. The van der Waals surface area contributed by atoms with Crippen LogP contribution < -0.4 is 15.8 Å². The lowest BCUT2D eigenvalue weighted by Crippen LogP contribution is -2.28. The third-order valence-corrected chi connectivity index (χ3v) is 2.31. The maximum atomic E-state index is 11.2. The van der Waals surface area contributed by atoms with Gasteiger partial charge in [-0.3, -0.25) is 4.79 Å². The molecule has 4 heteroatoms. The van der Waals surface area contributed by atoms with E-state index in [4.69, 9.17) is 10.5 Å². The number of carbonyl (C=O) groups excluding carboxylic acids is 1. The zero-order chi connectivity index (χ0) is 12.8. The first kappa shape index (κ1) is 13.5. The molecule has 17 heavy (non-hydrogen) atoms. The van der Waals surface area contributed by atoms with E-state index in [9.17, 15) is 4.79 Å². The molecule has 0 radical (unpaired) electrons. The standard InChI is InChI=1S/C13H20N2O2/c1-9(2)15-6-7-17-12-8-10(3)4-5-11(12)13(14)16/h4-5,8-9,15H,6-7H2,1-3H3,(H2,14,16). The molecule has 0 spiro atoms. The van der Waals surface area contributed by atoms with Crippen LogP contribution >= 0.6 is 0 Å². The molecule has 0 saturated carbocycles. The molecule has 0 aliphatic rings. The molecule has 0 atom stereocenters. The summed E-state index contributed by atoms with van der Waals surface area (Å²) < 4.78 is 5.57. The number of primary amides is 1. The molecule has 0 fully saturated rings. The van der Waals surface area contributed by atoms with Crippen LogP contribution in [0.1, 0.15) is 29.8 Å². The summed E-state index contributed by atoms with van der Waals surface area (Å²) >= 11 is 0. The van der Waals surface area contributed by atoms with E-state index in [0.717, 1.165) is 12.1 Å². The van der Waals surface area contributed by atoms with Crippen LogP contribution in [0.2, 0.25) is 0 Å². The van der Waals surface area contributed by atoms with Gasteiger partial charge in [0.25, 0.3) is 5.91 Å². The van der Waals surface area contributed by atoms with E-state index < -0.39 is 5.91 Å². The molecule has 0 aliphatic carbocycles. The number of aryl methyl sites for hydroxylation is 1. The van der Waals surface area contributed by atoms with E-state index in [1.807, 2.05) is 19.1 Å². The average Bonchev–Trinajstić information content (AvgIpc) is 2.23. The SMILES string of the molecule is Cc1ccc(C(N)=O)c(OCCNC(C)C)c1. The summed E-state index contributed by atoms with van der Waals surface area (Å²) in [4.78, 5) is 11.2. The van der Waals surface area contributed by atoms with Crippen LogP contribution in [0, 0.1) is 6.92 Å². The fraction of sp³-hybridized carbons (Fsp3) is 0.462. The predicted molar refractivity (Wildman–Crippen MR) is 68.3 cm³/mol. The quantitative estimate of drug-likeness (QED) is 0.735. The Morgan fingerprint density at radius 1 is 1.47 bits per heavy atom. The number of nitrogens with one attached hydrogen (secondary N) is 1. The molecular formula is C13H20N2O2.